The molecule has 0 aliphatic carbocycles. The van der Waals surface area contributed by atoms with Gasteiger partial charge in [0.25, 0.3) is 5.91 Å². The van der Waals surface area contributed by atoms with Gasteiger partial charge in [-0.3, -0.25) is 4.79 Å². The number of H-pyrrole nitrogens is 1. The third kappa shape index (κ3) is 3.72. The molecule has 0 bridgehead atoms. The van der Waals surface area contributed by atoms with Crippen LogP contribution in [0.3, 0.4) is 0 Å². The van der Waals surface area contributed by atoms with E-state index in [4.69, 9.17) is 11.6 Å². The number of hydrogen-bond acceptors (Lipinski definition) is 2. The molecule has 100 valence electrons. The number of halogens is 2. The molecular weight excluding hydrogens is 348 g/mol. The van der Waals surface area contributed by atoms with Crippen molar-refractivity contribution < 1.29 is 4.79 Å². The summed E-state index contributed by atoms with van der Waals surface area (Å²) in [6, 6.07) is 5.53. The highest BCUT2D eigenvalue weighted by Gasteiger charge is 2.17. The average Bonchev–Trinajstić information content (AvgIpc) is 2.97. The molecule has 0 radical (unpaired) electrons. The van der Waals surface area contributed by atoms with Crippen LogP contribution >= 0.6 is 38.9 Å². The summed E-state index contributed by atoms with van der Waals surface area (Å²) in [5.74, 6) is -0.0601. The first-order valence-corrected chi connectivity index (χ1v) is 7.57. The number of carbonyl (C=O) groups excluding carboxylic acids is 1. The van der Waals surface area contributed by atoms with Crippen molar-refractivity contribution in [3.05, 3.63) is 56.4 Å². The van der Waals surface area contributed by atoms with Crippen LogP contribution in [0.4, 0.5) is 0 Å². The van der Waals surface area contributed by atoms with Crippen molar-refractivity contribution >= 4 is 44.8 Å². The number of nitrogens with zero attached hydrogens (tertiary/aromatic N) is 1. The summed E-state index contributed by atoms with van der Waals surface area (Å²) in [6.45, 7) is 4.71. The molecule has 0 saturated carbocycles. The first kappa shape index (κ1) is 14.4. The summed E-state index contributed by atoms with van der Waals surface area (Å²) >= 11 is 10.7. The minimum atomic E-state index is -0.0601. The number of nitrogens with one attached hydrogen (secondary N) is 1. The Labute approximate surface area is 129 Å². The molecule has 2 heterocycles. The maximum Gasteiger partial charge on any atom is 0.270 e. The Morgan fingerprint density at radius 2 is 2.37 bits per heavy atom. The quantitative estimate of drug-likeness (QED) is 0.793. The lowest BCUT2D eigenvalue weighted by Gasteiger charge is -2.19. The van der Waals surface area contributed by atoms with E-state index in [0.29, 0.717) is 18.8 Å². The molecule has 2 aromatic heterocycles. The second-order valence-electron chi connectivity index (χ2n) is 3.91. The average molecular weight is 360 g/mol. The molecule has 1 amide bonds. The van der Waals surface area contributed by atoms with E-state index in [2.05, 4.69) is 27.5 Å². The van der Waals surface area contributed by atoms with Gasteiger partial charge in [0.1, 0.15) is 5.69 Å². The summed E-state index contributed by atoms with van der Waals surface area (Å²) < 4.78 is 1.58. The summed E-state index contributed by atoms with van der Waals surface area (Å²) in [7, 11) is 0. The maximum absolute atomic E-state index is 12.4. The van der Waals surface area contributed by atoms with E-state index < -0.39 is 0 Å². The lowest BCUT2D eigenvalue weighted by atomic mass is 10.3. The van der Waals surface area contributed by atoms with Gasteiger partial charge in [-0.25, -0.2) is 0 Å². The summed E-state index contributed by atoms with van der Waals surface area (Å²) in [4.78, 5) is 18.1. The highest BCUT2D eigenvalue weighted by Crippen LogP contribution is 2.23. The smallest absolute Gasteiger partial charge is 0.270 e. The predicted octanol–water partition coefficient (Wildman–Crippen LogP) is 4.32. The van der Waals surface area contributed by atoms with E-state index in [1.807, 2.05) is 12.1 Å². The molecule has 19 heavy (non-hydrogen) atoms. The summed E-state index contributed by atoms with van der Waals surface area (Å²) in [6.07, 6.45) is 3.45. The van der Waals surface area contributed by atoms with Gasteiger partial charge in [-0.1, -0.05) is 17.7 Å². The normalized spacial score (nSPS) is 10.4. The van der Waals surface area contributed by atoms with E-state index in [1.54, 1.807) is 23.2 Å². The fraction of sp³-hybridized carbons (Fsp3) is 0.154. The molecular formula is C13H12BrClN2OS. The van der Waals surface area contributed by atoms with Gasteiger partial charge in [-0.05, 0) is 34.1 Å². The molecule has 0 spiro atoms. The monoisotopic (exact) mass is 358 g/mol. The molecule has 0 unspecified atom stereocenters. The van der Waals surface area contributed by atoms with Crippen LogP contribution in [0.15, 0.2) is 41.5 Å². The zero-order valence-electron chi connectivity index (χ0n) is 10.0. The molecule has 0 saturated heterocycles. The number of hydrogen-bond donors (Lipinski definition) is 1. The number of aromatic amines is 1. The van der Waals surface area contributed by atoms with Crippen LogP contribution in [-0.4, -0.2) is 22.3 Å². The van der Waals surface area contributed by atoms with Gasteiger partial charge >= 0.3 is 0 Å². The van der Waals surface area contributed by atoms with Gasteiger partial charge in [0.15, 0.2) is 0 Å². The van der Waals surface area contributed by atoms with Crippen LogP contribution in [0, 0.1) is 0 Å². The molecule has 0 aromatic carbocycles. The van der Waals surface area contributed by atoms with E-state index in [1.165, 1.54) is 11.3 Å². The van der Waals surface area contributed by atoms with Crippen molar-refractivity contribution in [3.8, 4) is 0 Å². The molecule has 0 fully saturated rings. The van der Waals surface area contributed by atoms with Gasteiger partial charge < -0.3 is 9.88 Å². The number of rotatable bonds is 5. The SMILES string of the molecule is C=CCN(Cc1ccc(Cl)s1)C(=O)c1cc(Br)c[nH]1. The second-order valence-corrected chi connectivity index (χ2v) is 6.63. The Hall–Kier alpha value is -1.04. The number of thiophene rings is 1. The van der Waals surface area contributed by atoms with Crippen molar-refractivity contribution in [1.29, 1.82) is 0 Å². The minimum Gasteiger partial charge on any atom is -0.356 e. The molecule has 0 aliphatic rings. The predicted molar refractivity (Wildman–Crippen MR) is 82.8 cm³/mol. The molecule has 6 heteroatoms. The third-order valence-corrected chi connectivity index (χ3v) is 4.16. The van der Waals surface area contributed by atoms with Gasteiger partial charge in [-0.2, -0.15) is 0 Å². The Balaban J connectivity index is 2.15. The number of aromatic nitrogens is 1. The van der Waals surface area contributed by atoms with Crippen LogP contribution in [0.2, 0.25) is 4.34 Å². The minimum absolute atomic E-state index is 0.0601. The van der Waals surface area contributed by atoms with Crippen LogP contribution in [0.1, 0.15) is 15.4 Å². The van der Waals surface area contributed by atoms with Crippen LogP contribution < -0.4 is 0 Å². The van der Waals surface area contributed by atoms with E-state index in [-0.39, 0.29) is 5.91 Å². The number of amides is 1. The molecule has 2 rings (SSSR count). The molecule has 1 N–H and O–H groups in total. The highest BCUT2D eigenvalue weighted by molar-refractivity contribution is 9.10. The first-order valence-electron chi connectivity index (χ1n) is 5.58. The fourth-order valence-electron chi connectivity index (χ4n) is 1.66. The molecule has 3 nitrogen and oxygen atoms in total. The van der Waals surface area contributed by atoms with Gasteiger partial charge in [-0.15, -0.1) is 17.9 Å². The number of carbonyl (C=O) groups is 1. The lowest BCUT2D eigenvalue weighted by Crippen LogP contribution is -2.30. The standard InChI is InChI=1S/C13H12BrClN2OS/c1-2-5-17(8-10-3-4-12(15)19-10)13(18)11-6-9(14)7-16-11/h2-4,6-7,16H,1,5,8H2. The lowest BCUT2D eigenvalue weighted by molar-refractivity contribution is 0.0759. The summed E-state index contributed by atoms with van der Waals surface area (Å²) in [5, 5.41) is 0. The van der Waals surface area contributed by atoms with Crippen molar-refractivity contribution in [2.75, 3.05) is 6.54 Å². The van der Waals surface area contributed by atoms with E-state index in [9.17, 15) is 4.79 Å². The van der Waals surface area contributed by atoms with E-state index >= 15 is 0 Å². The van der Waals surface area contributed by atoms with Gasteiger partial charge in [0.2, 0.25) is 0 Å². The Kier molecular flexibility index (Phi) is 4.85. The van der Waals surface area contributed by atoms with Crippen LogP contribution in [0.25, 0.3) is 0 Å². The Morgan fingerprint density at radius 1 is 1.58 bits per heavy atom. The van der Waals surface area contributed by atoms with Crippen molar-refractivity contribution in [3.63, 3.8) is 0 Å². The summed E-state index contributed by atoms with van der Waals surface area (Å²) in [5.41, 5.74) is 0.552. The molecule has 0 aliphatic heterocycles. The van der Waals surface area contributed by atoms with Crippen molar-refractivity contribution in [2.24, 2.45) is 0 Å². The van der Waals surface area contributed by atoms with Gasteiger partial charge in [0.05, 0.1) is 10.9 Å². The first-order chi connectivity index (χ1) is 9.10. The fourth-order valence-corrected chi connectivity index (χ4v) is 3.11. The van der Waals surface area contributed by atoms with Gasteiger partial charge in [0, 0.05) is 22.1 Å². The van der Waals surface area contributed by atoms with Crippen LogP contribution in [-0.2, 0) is 6.54 Å². The van der Waals surface area contributed by atoms with Crippen LogP contribution in [0.5, 0.6) is 0 Å². The third-order valence-electron chi connectivity index (χ3n) is 2.49. The van der Waals surface area contributed by atoms with Crippen molar-refractivity contribution in [2.45, 2.75) is 6.54 Å². The van der Waals surface area contributed by atoms with E-state index in [0.717, 1.165) is 13.7 Å². The Bertz CT molecular complexity index is 593. The largest absolute Gasteiger partial charge is 0.356 e. The zero-order valence-corrected chi connectivity index (χ0v) is 13.2. The topological polar surface area (TPSA) is 36.1 Å². The molecule has 2 aromatic rings. The van der Waals surface area contributed by atoms with Crippen molar-refractivity contribution in [1.82, 2.24) is 9.88 Å². The zero-order chi connectivity index (χ0) is 13.8. The Morgan fingerprint density at radius 3 is 2.89 bits per heavy atom. The maximum atomic E-state index is 12.4. The second kappa shape index (κ2) is 6.41. The molecule has 0 atom stereocenters. The highest BCUT2D eigenvalue weighted by atomic mass is 79.9.